The van der Waals surface area contributed by atoms with Crippen LogP contribution in [0.2, 0.25) is 0 Å². The van der Waals surface area contributed by atoms with E-state index in [4.69, 9.17) is 21.2 Å². The number of nitrogens with two attached hydrogens (primary N) is 2. The summed E-state index contributed by atoms with van der Waals surface area (Å²) in [7, 11) is 1.78. The van der Waals surface area contributed by atoms with Crippen LogP contribution in [0, 0.1) is 5.92 Å². The summed E-state index contributed by atoms with van der Waals surface area (Å²) in [4.78, 5) is 11.6. The highest BCUT2D eigenvalue weighted by molar-refractivity contribution is 9.10. The quantitative estimate of drug-likeness (QED) is 0.402. The molecule has 28 heavy (non-hydrogen) atoms. The predicted octanol–water partition coefficient (Wildman–Crippen LogP) is 3.42. The second-order valence-corrected chi connectivity index (χ2v) is 8.98. The number of aromatic nitrogens is 1. The summed E-state index contributed by atoms with van der Waals surface area (Å²) in [5, 5.41) is 0.888. The van der Waals surface area contributed by atoms with Gasteiger partial charge in [0.25, 0.3) is 0 Å². The average molecular weight is 448 g/mol. The maximum atomic E-state index is 6.35. The summed E-state index contributed by atoms with van der Waals surface area (Å²) in [5.41, 5.74) is 14.7. The maximum Gasteiger partial charge on any atom is 0.127 e. The molecule has 4 N–H and O–H groups in total. The molecule has 2 aromatic rings. The Labute approximate surface area is 175 Å². The Bertz CT molecular complexity index is 859. The van der Waals surface area contributed by atoms with Gasteiger partial charge < -0.3 is 21.1 Å². The molecule has 0 bridgehead atoms. The first-order valence-corrected chi connectivity index (χ1v) is 10.5. The number of hydrogen-bond acceptors (Lipinski definition) is 5. The van der Waals surface area contributed by atoms with Gasteiger partial charge in [0.15, 0.2) is 0 Å². The second-order valence-electron chi connectivity index (χ2n) is 8.13. The number of piperidine rings is 1. The smallest absolute Gasteiger partial charge is 0.127 e. The number of nitrogens with zero attached hydrogens (tertiary/aromatic N) is 3. The van der Waals surface area contributed by atoms with Crippen LogP contribution in [-0.4, -0.2) is 54.6 Å². The van der Waals surface area contributed by atoms with Gasteiger partial charge in [0.2, 0.25) is 0 Å². The SMILES string of the molecule is COC(C)(C)CN1CCC(CN=C(N)c2cc(Br)c(N)c3cccnc23)CC1. The fourth-order valence-electron chi connectivity index (χ4n) is 3.68. The van der Waals surface area contributed by atoms with Crippen molar-refractivity contribution in [3.8, 4) is 0 Å². The lowest BCUT2D eigenvalue weighted by Gasteiger charge is -2.36. The molecule has 0 unspecified atom stereocenters. The molecule has 2 heterocycles. The molecule has 0 radical (unpaired) electrons. The van der Waals surface area contributed by atoms with Crippen LogP contribution in [0.1, 0.15) is 32.3 Å². The van der Waals surface area contributed by atoms with E-state index in [1.165, 1.54) is 0 Å². The number of anilines is 1. The van der Waals surface area contributed by atoms with Crippen LogP contribution in [0.15, 0.2) is 33.9 Å². The predicted molar refractivity (Wildman–Crippen MR) is 120 cm³/mol. The molecular formula is C21H30BrN5O. The fourth-order valence-corrected chi connectivity index (χ4v) is 4.12. The van der Waals surface area contributed by atoms with Crippen molar-refractivity contribution in [1.29, 1.82) is 0 Å². The Morgan fingerprint density at radius 2 is 2.11 bits per heavy atom. The second kappa shape index (κ2) is 8.76. The van der Waals surface area contributed by atoms with Crippen LogP contribution in [0.4, 0.5) is 5.69 Å². The van der Waals surface area contributed by atoms with Crippen molar-refractivity contribution < 1.29 is 4.74 Å². The van der Waals surface area contributed by atoms with Crippen molar-refractivity contribution in [2.24, 2.45) is 16.6 Å². The number of nitrogen functional groups attached to an aromatic ring is 1. The number of halogens is 1. The Hall–Kier alpha value is -1.70. The number of hydrogen-bond donors (Lipinski definition) is 2. The zero-order chi connectivity index (χ0) is 20.3. The van der Waals surface area contributed by atoms with Crippen LogP contribution in [0.5, 0.6) is 0 Å². The van der Waals surface area contributed by atoms with Crippen molar-refractivity contribution in [1.82, 2.24) is 9.88 Å². The van der Waals surface area contributed by atoms with Gasteiger partial charge in [-0.1, -0.05) is 0 Å². The van der Waals surface area contributed by atoms with E-state index in [-0.39, 0.29) is 5.60 Å². The molecule has 0 amide bonds. The molecule has 1 aliphatic heterocycles. The summed E-state index contributed by atoms with van der Waals surface area (Å²) < 4.78 is 6.36. The first-order chi connectivity index (χ1) is 13.3. The highest BCUT2D eigenvalue weighted by atomic mass is 79.9. The third-order valence-electron chi connectivity index (χ3n) is 5.54. The van der Waals surface area contributed by atoms with Gasteiger partial charge in [0, 0.05) is 41.8 Å². The lowest BCUT2D eigenvalue weighted by atomic mass is 9.95. The lowest BCUT2D eigenvalue weighted by Crippen LogP contribution is -2.44. The number of methoxy groups -OCH3 is 1. The molecule has 3 rings (SSSR count). The van der Waals surface area contributed by atoms with Crippen LogP contribution < -0.4 is 11.5 Å². The lowest BCUT2D eigenvalue weighted by molar-refractivity contribution is -0.0143. The van der Waals surface area contributed by atoms with Crippen molar-refractivity contribution >= 4 is 38.4 Å². The molecule has 0 spiro atoms. The van der Waals surface area contributed by atoms with Crippen LogP contribution in [0.3, 0.4) is 0 Å². The van der Waals surface area contributed by atoms with Gasteiger partial charge in [-0.2, -0.15) is 0 Å². The number of pyridine rings is 1. The van der Waals surface area contributed by atoms with Crippen LogP contribution >= 0.6 is 15.9 Å². The van der Waals surface area contributed by atoms with Crippen molar-refractivity contribution in [2.45, 2.75) is 32.3 Å². The summed E-state index contributed by atoms with van der Waals surface area (Å²) in [6.45, 7) is 8.11. The van der Waals surface area contributed by atoms with Gasteiger partial charge >= 0.3 is 0 Å². The highest BCUT2D eigenvalue weighted by Crippen LogP contribution is 2.30. The fraction of sp³-hybridized carbons (Fsp3) is 0.524. The minimum absolute atomic E-state index is 0.105. The van der Waals surface area contributed by atoms with Gasteiger partial charge in [-0.15, -0.1) is 0 Å². The minimum atomic E-state index is -0.105. The summed E-state index contributed by atoms with van der Waals surface area (Å²) in [6, 6.07) is 5.75. The Kier molecular flexibility index (Phi) is 6.58. The van der Waals surface area contributed by atoms with Gasteiger partial charge in [-0.05, 0) is 79.8 Å². The maximum absolute atomic E-state index is 6.35. The molecule has 1 aromatic carbocycles. The number of benzene rings is 1. The Morgan fingerprint density at radius 1 is 1.39 bits per heavy atom. The first-order valence-electron chi connectivity index (χ1n) is 9.71. The van der Waals surface area contributed by atoms with Gasteiger partial charge in [0.05, 0.1) is 16.8 Å². The number of amidine groups is 1. The molecule has 152 valence electrons. The van der Waals surface area contributed by atoms with Crippen LogP contribution in [0.25, 0.3) is 10.9 Å². The van der Waals surface area contributed by atoms with Crippen molar-refractivity contribution in [3.05, 3.63) is 34.4 Å². The molecule has 1 saturated heterocycles. The zero-order valence-corrected chi connectivity index (χ0v) is 18.5. The van der Waals surface area contributed by atoms with E-state index in [9.17, 15) is 0 Å². The standard InChI is InChI=1S/C21H30BrN5O/c1-21(2,28-3)13-27-9-6-14(7-10-27)12-26-20(24)16-11-17(22)18(23)15-5-4-8-25-19(15)16/h4-5,8,11,14H,6-7,9-10,12-13,23H2,1-3H3,(H2,24,26). The number of aliphatic imine (C=N–C) groups is 1. The zero-order valence-electron chi connectivity index (χ0n) is 16.9. The van der Waals surface area contributed by atoms with Crippen molar-refractivity contribution in [2.75, 3.05) is 39.0 Å². The van der Waals surface area contributed by atoms with E-state index in [1.54, 1.807) is 13.3 Å². The first kappa shape index (κ1) is 21.0. The highest BCUT2D eigenvalue weighted by Gasteiger charge is 2.25. The molecule has 1 aromatic heterocycles. The monoisotopic (exact) mass is 447 g/mol. The van der Waals surface area contributed by atoms with E-state index in [0.29, 0.717) is 17.4 Å². The summed E-state index contributed by atoms with van der Waals surface area (Å²) >= 11 is 3.52. The Morgan fingerprint density at radius 3 is 2.79 bits per heavy atom. The third kappa shape index (κ3) is 4.82. The van der Waals surface area contributed by atoms with Crippen molar-refractivity contribution in [3.63, 3.8) is 0 Å². The normalized spacial score (nSPS) is 17.4. The number of likely N-dealkylation sites (tertiary alicyclic amines) is 1. The molecule has 1 aliphatic rings. The number of fused-ring (bicyclic) bond motifs is 1. The molecule has 1 fully saturated rings. The summed E-state index contributed by atoms with van der Waals surface area (Å²) in [6.07, 6.45) is 4.01. The Balaban J connectivity index is 1.66. The van der Waals surface area contributed by atoms with E-state index in [1.807, 2.05) is 18.2 Å². The van der Waals surface area contributed by atoms with Gasteiger partial charge in [-0.25, -0.2) is 0 Å². The minimum Gasteiger partial charge on any atom is -0.397 e. The molecule has 6 nitrogen and oxygen atoms in total. The summed E-state index contributed by atoms with van der Waals surface area (Å²) in [5.74, 6) is 1.07. The third-order valence-corrected chi connectivity index (χ3v) is 6.20. The van der Waals surface area contributed by atoms with E-state index in [2.05, 4.69) is 39.7 Å². The molecule has 7 heteroatoms. The largest absolute Gasteiger partial charge is 0.397 e. The van der Waals surface area contributed by atoms with Crippen LogP contribution in [-0.2, 0) is 4.74 Å². The van der Waals surface area contributed by atoms with E-state index in [0.717, 1.165) is 60.0 Å². The average Bonchev–Trinajstić information content (AvgIpc) is 2.69. The number of rotatable bonds is 6. The molecular weight excluding hydrogens is 418 g/mol. The molecule has 0 aliphatic carbocycles. The van der Waals surface area contributed by atoms with E-state index < -0.39 is 0 Å². The topological polar surface area (TPSA) is 89.8 Å². The molecule has 0 saturated carbocycles. The van der Waals surface area contributed by atoms with Gasteiger partial charge in [0.1, 0.15) is 5.84 Å². The number of ether oxygens (including phenoxy) is 1. The van der Waals surface area contributed by atoms with Gasteiger partial charge in [-0.3, -0.25) is 9.98 Å². The molecule has 0 atom stereocenters. The van der Waals surface area contributed by atoms with E-state index >= 15 is 0 Å².